The van der Waals surface area contributed by atoms with Crippen molar-refractivity contribution in [2.45, 2.75) is 61.8 Å². The number of benzene rings is 1. The van der Waals surface area contributed by atoms with Crippen LogP contribution < -0.4 is 5.73 Å². The number of Topliss-reactive ketones (excluding diaryl/α,β-unsaturated/α-hetero) is 1. The molecule has 2 aromatic heterocycles. The van der Waals surface area contributed by atoms with Gasteiger partial charge in [-0.1, -0.05) is 61.8 Å². The highest BCUT2D eigenvalue weighted by Crippen LogP contribution is 2.24. The quantitative estimate of drug-likeness (QED) is 0.507. The van der Waals surface area contributed by atoms with Gasteiger partial charge in [-0.2, -0.15) is 0 Å². The average molecular weight is 387 g/mol. The fourth-order valence-electron chi connectivity index (χ4n) is 2.44. The van der Waals surface area contributed by atoms with Crippen molar-refractivity contribution in [2.24, 2.45) is 13.0 Å². The number of nitrogens with one attached hydrogen (secondary N) is 1. The number of rotatable bonds is 3. The summed E-state index contributed by atoms with van der Waals surface area (Å²) in [5.41, 5.74) is 9.82. The van der Waals surface area contributed by atoms with E-state index in [1.165, 1.54) is 6.42 Å². The second-order valence-corrected chi connectivity index (χ2v) is 6.31. The molecule has 28 heavy (non-hydrogen) atoms. The van der Waals surface area contributed by atoms with Crippen LogP contribution in [0.1, 0.15) is 72.2 Å². The number of fused-ring (bicyclic) bond motifs is 1. The Labute approximate surface area is 170 Å². The number of hydrogen-bond donors (Lipinski definition) is 2. The highest BCUT2D eigenvalue weighted by molar-refractivity contribution is 6.00. The van der Waals surface area contributed by atoms with Gasteiger partial charge in [0.15, 0.2) is 11.6 Å². The van der Waals surface area contributed by atoms with Crippen molar-refractivity contribution in [3.05, 3.63) is 36.0 Å². The van der Waals surface area contributed by atoms with Gasteiger partial charge in [0.05, 0.1) is 22.4 Å². The lowest BCUT2D eigenvalue weighted by Gasteiger charge is -2.03. The highest BCUT2D eigenvalue weighted by atomic mass is 16.1. The van der Waals surface area contributed by atoms with Crippen molar-refractivity contribution in [1.29, 1.82) is 0 Å². The highest BCUT2D eigenvalue weighted by Gasteiger charge is 2.14. The van der Waals surface area contributed by atoms with E-state index in [-0.39, 0.29) is 11.7 Å². The number of ketones is 1. The van der Waals surface area contributed by atoms with Gasteiger partial charge in [0.1, 0.15) is 0 Å². The summed E-state index contributed by atoms with van der Waals surface area (Å²) in [6.07, 6.45) is 3.09. The molecule has 5 nitrogen and oxygen atoms in total. The van der Waals surface area contributed by atoms with E-state index >= 15 is 0 Å². The van der Waals surface area contributed by atoms with E-state index in [1.807, 2.05) is 83.6 Å². The fraction of sp³-hybridized carbons (Fsp3) is 0.478. The third kappa shape index (κ3) is 6.55. The zero-order valence-electron chi connectivity index (χ0n) is 19.1. The lowest BCUT2D eigenvalue weighted by molar-refractivity contribution is 0.0939. The molecule has 3 N–H and O–H groups in total. The van der Waals surface area contributed by atoms with Crippen LogP contribution in [0, 0.1) is 5.92 Å². The first-order valence-electron chi connectivity index (χ1n) is 10.3. The number of imidazole rings is 1. The number of aromatic nitrogens is 3. The van der Waals surface area contributed by atoms with Crippen LogP contribution >= 0.6 is 0 Å². The second kappa shape index (κ2) is 12.8. The maximum Gasteiger partial charge on any atom is 0.165 e. The van der Waals surface area contributed by atoms with E-state index in [9.17, 15) is 4.79 Å². The van der Waals surface area contributed by atoms with Crippen molar-refractivity contribution in [2.75, 3.05) is 5.73 Å². The molecule has 0 aliphatic carbocycles. The molecular weight excluding hydrogens is 348 g/mol. The Morgan fingerprint density at radius 3 is 2.18 bits per heavy atom. The SMILES string of the molecule is CC.CC.CC(C)C(=O)c1ccc2nc(-c3cc(N)cn3C)[nH]c2c1.CCC. The van der Waals surface area contributed by atoms with E-state index in [4.69, 9.17) is 5.73 Å². The summed E-state index contributed by atoms with van der Waals surface area (Å²) < 4.78 is 1.92. The maximum atomic E-state index is 12.1. The number of anilines is 1. The first kappa shape index (κ1) is 25.4. The average Bonchev–Trinajstić information content (AvgIpc) is 3.26. The Balaban J connectivity index is 0.000000930. The number of aryl methyl sites for hydroxylation is 1. The normalized spacial score (nSPS) is 9.64. The largest absolute Gasteiger partial charge is 0.397 e. The molecule has 0 aliphatic rings. The Hall–Kier alpha value is -2.56. The molecule has 0 unspecified atom stereocenters. The summed E-state index contributed by atoms with van der Waals surface area (Å²) in [6, 6.07) is 7.43. The van der Waals surface area contributed by atoms with Crippen molar-refractivity contribution >= 4 is 22.5 Å². The third-order valence-corrected chi connectivity index (χ3v) is 3.56. The molecule has 0 fully saturated rings. The molecule has 0 spiro atoms. The molecule has 0 saturated carbocycles. The predicted molar refractivity (Wildman–Crippen MR) is 123 cm³/mol. The van der Waals surface area contributed by atoms with Crippen LogP contribution in [-0.2, 0) is 7.05 Å². The minimum Gasteiger partial charge on any atom is -0.397 e. The van der Waals surface area contributed by atoms with Crippen LogP contribution in [0.3, 0.4) is 0 Å². The Morgan fingerprint density at radius 2 is 1.71 bits per heavy atom. The second-order valence-electron chi connectivity index (χ2n) is 6.31. The van der Waals surface area contributed by atoms with Crippen LogP contribution in [0.25, 0.3) is 22.6 Å². The summed E-state index contributed by atoms with van der Waals surface area (Å²) in [5.74, 6) is 0.868. The number of aromatic amines is 1. The molecule has 5 heteroatoms. The van der Waals surface area contributed by atoms with Crippen molar-refractivity contribution < 1.29 is 4.79 Å². The van der Waals surface area contributed by atoms with Gasteiger partial charge in [-0.15, -0.1) is 0 Å². The molecule has 3 rings (SSSR count). The van der Waals surface area contributed by atoms with Gasteiger partial charge in [0.2, 0.25) is 0 Å². The molecule has 0 radical (unpaired) electrons. The monoisotopic (exact) mass is 386 g/mol. The van der Waals surface area contributed by atoms with Gasteiger partial charge >= 0.3 is 0 Å². The van der Waals surface area contributed by atoms with Gasteiger partial charge in [-0.3, -0.25) is 4.79 Å². The fourth-order valence-corrected chi connectivity index (χ4v) is 2.44. The molecule has 3 aromatic rings. The summed E-state index contributed by atoms with van der Waals surface area (Å²) in [4.78, 5) is 19.9. The number of nitrogens with two attached hydrogens (primary N) is 1. The summed E-state index contributed by atoms with van der Waals surface area (Å²) in [6.45, 7) is 16.1. The van der Waals surface area contributed by atoms with Gasteiger partial charge < -0.3 is 15.3 Å². The van der Waals surface area contributed by atoms with Crippen molar-refractivity contribution in [3.63, 3.8) is 0 Å². The van der Waals surface area contributed by atoms with E-state index < -0.39 is 0 Å². The first-order chi connectivity index (χ1) is 13.4. The van der Waals surface area contributed by atoms with Crippen LogP contribution in [0.4, 0.5) is 5.69 Å². The van der Waals surface area contributed by atoms with Crippen molar-refractivity contribution in [3.8, 4) is 11.5 Å². The topological polar surface area (TPSA) is 76.7 Å². The number of carbonyl (C=O) groups is 1. The predicted octanol–water partition coefficient (Wildman–Crippen LogP) is 6.46. The van der Waals surface area contributed by atoms with Gasteiger partial charge in [0.25, 0.3) is 0 Å². The van der Waals surface area contributed by atoms with Crippen LogP contribution in [-0.4, -0.2) is 20.3 Å². The molecule has 0 aliphatic heterocycles. The number of H-pyrrole nitrogens is 1. The van der Waals surface area contributed by atoms with Crippen LogP contribution in [0.5, 0.6) is 0 Å². The Bertz CT molecular complexity index is 844. The number of carbonyl (C=O) groups excluding carboxylic acids is 1. The van der Waals surface area contributed by atoms with Crippen LogP contribution in [0.2, 0.25) is 0 Å². The summed E-state index contributed by atoms with van der Waals surface area (Å²) >= 11 is 0. The molecule has 0 saturated heterocycles. The molecule has 1 aromatic carbocycles. The smallest absolute Gasteiger partial charge is 0.165 e. The molecule has 0 atom stereocenters. The molecule has 2 heterocycles. The third-order valence-electron chi connectivity index (χ3n) is 3.56. The Morgan fingerprint density at radius 1 is 1.14 bits per heavy atom. The number of nitrogens with zero attached hydrogens (tertiary/aromatic N) is 2. The minimum atomic E-state index is -0.0162. The summed E-state index contributed by atoms with van der Waals surface area (Å²) in [7, 11) is 1.92. The zero-order chi connectivity index (χ0) is 21.9. The maximum absolute atomic E-state index is 12.1. The standard InChI is InChI=1S/C16H18N4O.C3H8.2C2H6/c1-9(2)15(21)10-4-5-12-13(6-10)19-16(18-12)14-7-11(17)8-20(14)3;1-3-2;2*1-2/h4-9H,17H2,1-3H3,(H,18,19);3H2,1-2H3;2*1-2H3. The number of nitrogen functional groups attached to an aromatic ring is 1. The van der Waals surface area contributed by atoms with E-state index in [2.05, 4.69) is 23.8 Å². The van der Waals surface area contributed by atoms with E-state index in [0.29, 0.717) is 11.3 Å². The minimum absolute atomic E-state index is 0.0162. The van der Waals surface area contributed by atoms with Gasteiger partial charge in [-0.25, -0.2) is 4.98 Å². The van der Waals surface area contributed by atoms with Gasteiger partial charge in [-0.05, 0) is 24.3 Å². The van der Waals surface area contributed by atoms with E-state index in [0.717, 1.165) is 22.6 Å². The molecule has 0 bridgehead atoms. The lowest BCUT2D eigenvalue weighted by Crippen LogP contribution is -2.06. The molecule has 0 amide bonds. The summed E-state index contributed by atoms with van der Waals surface area (Å²) in [5, 5.41) is 0. The number of hydrogen-bond acceptors (Lipinski definition) is 3. The zero-order valence-corrected chi connectivity index (χ0v) is 19.1. The molecule has 156 valence electrons. The molecular formula is C23H38N4O. The first-order valence-corrected chi connectivity index (χ1v) is 10.3. The van der Waals surface area contributed by atoms with E-state index in [1.54, 1.807) is 0 Å². The van der Waals surface area contributed by atoms with Gasteiger partial charge in [0, 0.05) is 24.7 Å². The van der Waals surface area contributed by atoms with Crippen LogP contribution in [0.15, 0.2) is 30.5 Å². The lowest BCUT2D eigenvalue weighted by atomic mass is 10.0. The Kier molecular flexibility index (Phi) is 11.6. The van der Waals surface area contributed by atoms with Crippen molar-refractivity contribution in [1.82, 2.24) is 14.5 Å².